The number of hydrogen-bond donors (Lipinski definition) is 0. The highest BCUT2D eigenvalue weighted by molar-refractivity contribution is 8.16. The van der Waals surface area contributed by atoms with Crippen molar-refractivity contribution in [3.05, 3.63) is 12.0 Å². The van der Waals surface area contributed by atoms with Crippen molar-refractivity contribution in [1.82, 2.24) is 0 Å². The van der Waals surface area contributed by atoms with Gasteiger partial charge in [0.05, 0.1) is 5.04 Å². The quantitative estimate of drug-likeness (QED) is 0.468. The fourth-order valence-electron chi connectivity index (χ4n) is 0.655. The standard InChI is InChI=1S/C9H17NS/c1-6-11-9(7(2)3)10-8(4)5/h6-8H,1H2,2-5H3/b10-9-. The Bertz CT molecular complexity index is 148. The Labute approximate surface area is 74.0 Å². The average Bonchev–Trinajstić information content (AvgIpc) is 1.86. The molecule has 11 heavy (non-hydrogen) atoms. The molecule has 0 unspecified atom stereocenters. The van der Waals surface area contributed by atoms with Gasteiger partial charge in [-0.2, -0.15) is 0 Å². The molecule has 0 fully saturated rings. The molecule has 0 aliphatic carbocycles. The van der Waals surface area contributed by atoms with Gasteiger partial charge in [0.2, 0.25) is 0 Å². The summed E-state index contributed by atoms with van der Waals surface area (Å²) >= 11 is 1.63. The molecule has 0 heterocycles. The molecule has 0 atom stereocenters. The van der Waals surface area contributed by atoms with E-state index in [1.165, 1.54) is 5.04 Å². The van der Waals surface area contributed by atoms with Crippen molar-refractivity contribution in [2.24, 2.45) is 10.9 Å². The van der Waals surface area contributed by atoms with Crippen molar-refractivity contribution >= 4 is 16.8 Å². The Hall–Kier alpha value is -0.240. The second kappa shape index (κ2) is 5.42. The van der Waals surface area contributed by atoms with Gasteiger partial charge in [-0.1, -0.05) is 32.2 Å². The first-order valence-electron chi connectivity index (χ1n) is 3.93. The van der Waals surface area contributed by atoms with Crippen LogP contribution in [0.1, 0.15) is 27.7 Å². The van der Waals surface area contributed by atoms with E-state index in [-0.39, 0.29) is 0 Å². The van der Waals surface area contributed by atoms with Crippen LogP contribution in [0.25, 0.3) is 0 Å². The van der Waals surface area contributed by atoms with Crippen molar-refractivity contribution in [3.63, 3.8) is 0 Å². The lowest BCUT2D eigenvalue weighted by atomic mass is 10.2. The first-order chi connectivity index (χ1) is 5.07. The number of aliphatic imine (C=N–C) groups is 1. The highest BCUT2D eigenvalue weighted by Crippen LogP contribution is 2.14. The predicted molar refractivity (Wildman–Crippen MR) is 55.2 cm³/mol. The van der Waals surface area contributed by atoms with E-state index in [4.69, 9.17) is 0 Å². The molecule has 0 rings (SSSR count). The highest BCUT2D eigenvalue weighted by atomic mass is 32.2. The third kappa shape index (κ3) is 5.08. The topological polar surface area (TPSA) is 12.4 Å². The molecule has 0 aromatic rings. The SMILES string of the molecule is C=CS/C(=N\C(C)C)C(C)C. The molecular formula is C9H17NS. The molecule has 0 aromatic heterocycles. The summed E-state index contributed by atoms with van der Waals surface area (Å²) in [6.45, 7) is 12.2. The van der Waals surface area contributed by atoms with Crippen LogP contribution < -0.4 is 0 Å². The van der Waals surface area contributed by atoms with Crippen LogP contribution >= 0.6 is 11.8 Å². The lowest BCUT2D eigenvalue weighted by Gasteiger charge is -2.08. The molecule has 0 aliphatic rings. The summed E-state index contributed by atoms with van der Waals surface area (Å²) in [6.07, 6.45) is 0. The molecule has 0 saturated carbocycles. The van der Waals surface area contributed by atoms with Crippen molar-refractivity contribution in [2.45, 2.75) is 33.7 Å². The van der Waals surface area contributed by atoms with Gasteiger partial charge < -0.3 is 0 Å². The fraction of sp³-hybridized carbons (Fsp3) is 0.667. The van der Waals surface area contributed by atoms with Crippen LogP contribution in [0, 0.1) is 5.92 Å². The zero-order valence-corrected chi connectivity index (χ0v) is 8.61. The van der Waals surface area contributed by atoms with Crippen molar-refractivity contribution in [2.75, 3.05) is 0 Å². The van der Waals surface area contributed by atoms with Gasteiger partial charge in [0, 0.05) is 12.0 Å². The zero-order valence-electron chi connectivity index (χ0n) is 7.79. The maximum absolute atomic E-state index is 4.47. The van der Waals surface area contributed by atoms with E-state index in [9.17, 15) is 0 Å². The molecule has 0 amide bonds. The second-order valence-electron chi connectivity index (χ2n) is 3.00. The number of hydrogen-bond acceptors (Lipinski definition) is 2. The minimum Gasteiger partial charge on any atom is -0.280 e. The van der Waals surface area contributed by atoms with Crippen LogP contribution in [0.4, 0.5) is 0 Å². The summed E-state index contributed by atoms with van der Waals surface area (Å²) in [5, 5.41) is 3.01. The van der Waals surface area contributed by atoms with E-state index in [0.29, 0.717) is 12.0 Å². The normalized spacial score (nSPS) is 12.7. The predicted octanol–water partition coefficient (Wildman–Crippen LogP) is 3.33. The second-order valence-corrected chi connectivity index (χ2v) is 3.99. The van der Waals surface area contributed by atoms with Crippen molar-refractivity contribution in [1.29, 1.82) is 0 Å². The van der Waals surface area contributed by atoms with Gasteiger partial charge in [-0.25, -0.2) is 0 Å². The van der Waals surface area contributed by atoms with Crippen molar-refractivity contribution in [3.8, 4) is 0 Å². The molecule has 2 heteroatoms. The summed E-state index contributed by atoms with van der Waals surface area (Å²) in [6, 6.07) is 0.389. The first-order valence-corrected chi connectivity index (χ1v) is 4.81. The third-order valence-corrected chi connectivity index (χ3v) is 2.07. The van der Waals surface area contributed by atoms with E-state index in [0.717, 1.165) is 0 Å². The Morgan fingerprint density at radius 3 is 2.18 bits per heavy atom. The number of thioether (sulfide) groups is 1. The molecule has 0 spiro atoms. The molecule has 0 bridgehead atoms. The molecular weight excluding hydrogens is 154 g/mol. The largest absolute Gasteiger partial charge is 0.280 e. The summed E-state index contributed by atoms with van der Waals surface area (Å²) in [5.74, 6) is 0.514. The van der Waals surface area contributed by atoms with E-state index in [1.807, 2.05) is 5.41 Å². The Balaban J connectivity index is 4.19. The van der Waals surface area contributed by atoms with E-state index < -0.39 is 0 Å². The average molecular weight is 171 g/mol. The van der Waals surface area contributed by atoms with Gasteiger partial charge in [0.25, 0.3) is 0 Å². The van der Waals surface area contributed by atoms with Gasteiger partial charge in [0.1, 0.15) is 0 Å². The molecule has 0 aromatic carbocycles. The van der Waals surface area contributed by atoms with E-state index >= 15 is 0 Å². The number of rotatable bonds is 3. The summed E-state index contributed by atoms with van der Waals surface area (Å²) in [5.41, 5.74) is 0. The highest BCUT2D eigenvalue weighted by Gasteiger charge is 2.03. The lowest BCUT2D eigenvalue weighted by molar-refractivity contribution is 0.808. The van der Waals surface area contributed by atoms with Gasteiger partial charge in [-0.05, 0) is 19.3 Å². The minimum atomic E-state index is 0.389. The van der Waals surface area contributed by atoms with E-state index in [2.05, 4.69) is 39.3 Å². The van der Waals surface area contributed by atoms with Crippen molar-refractivity contribution < 1.29 is 0 Å². The molecule has 0 radical (unpaired) electrons. The Morgan fingerprint density at radius 1 is 1.36 bits per heavy atom. The van der Waals surface area contributed by atoms with E-state index in [1.54, 1.807) is 11.8 Å². The Kier molecular flexibility index (Phi) is 5.30. The maximum Gasteiger partial charge on any atom is 0.0746 e. The lowest BCUT2D eigenvalue weighted by Crippen LogP contribution is -2.05. The number of nitrogens with zero attached hydrogens (tertiary/aromatic N) is 1. The van der Waals surface area contributed by atoms with Crippen LogP contribution in [0.15, 0.2) is 17.0 Å². The monoisotopic (exact) mass is 171 g/mol. The molecule has 0 aliphatic heterocycles. The molecule has 1 nitrogen and oxygen atoms in total. The maximum atomic E-state index is 4.47. The first kappa shape index (κ1) is 10.8. The van der Waals surface area contributed by atoms with Crippen LogP contribution in [-0.2, 0) is 0 Å². The van der Waals surface area contributed by atoms with Gasteiger partial charge >= 0.3 is 0 Å². The summed E-state index contributed by atoms with van der Waals surface area (Å²) < 4.78 is 0. The fourth-order valence-corrected chi connectivity index (χ4v) is 1.37. The molecule has 0 N–H and O–H groups in total. The van der Waals surface area contributed by atoms with Crippen LogP contribution in [-0.4, -0.2) is 11.1 Å². The van der Waals surface area contributed by atoms with Crippen LogP contribution in [0.3, 0.4) is 0 Å². The molecule has 0 saturated heterocycles. The smallest absolute Gasteiger partial charge is 0.0746 e. The van der Waals surface area contributed by atoms with Gasteiger partial charge in [-0.3, -0.25) is 4.99 Å². The Morgan fingerprint density at radius 2 is 1.91 bits per heavy atom. The molecule has 64 valence electrons. The minimum absolute atomic E-state index is 0.389. The van der Waals surface area contributed by atoms with Crippen LogP contribution in [0.5, 0.6) is 0 Å². The zero-order chi connectivity index (χ0) is 8.85. The van der Waals surface area contributed by atoms with Gasteiger partial charge in [0.15, 0.2) is 0 Å². The third-order valence-electron chi connectivity index (χ3n) is 1.08. The summed E-state index contributed by atoms with van der Waals surface area (Å²) in [7, 11) is 0. The van der Waals surface area contributed by atoms with Crippen LogP contribution in [0.2, 0.25) is 0 Å². The van der Waals surface area contributed by atoms with Gasteiger partial charge in [-0.15, -0.1) is 0 Å². The summed E-state index contributed by atoms with van der Waals surface area (Å²) in [4.78, 5) is 4.47.